The summed E-state index contributed by atoms with van der Waals surface area (Å²) >= 11 is 0. The molecule has 0 N–H and O–H groups in total. The summed E-state index contributed by atoms with van der Waals surface area (Å²) in [6.45, 7) is 0.576. The van der Waals surface area contributed by atoms with Crippen molar-refractivity contribution in [1.29, 1.82) is 0 Å². The molecule has 0 amide bonds. The summed E-state index contributed by atoms with van der Waals surface area (Å²) in [7, 11) is 0. The molecule has 124 valence electrons. The number of nitro groups is 1. The Labute approximate surface area is 135 Å². The van der Waals surface area contributed by atoms with Gasteiger partial charge in [-0.3, -0.25) is 10.1 Å². The Morgan fingerprint density at radius 3 is 2.38 bits per heavy atom. The molecule has 3 rings (SSSR count). The standard InChI is InChI=1S/C17H13F3N2O2/c18-17(19,20)14-3-1-12(2-4-14)7-9-21-10-8-13-11-15(22(23)24)5-6-16(13)21/h1-6,8,10-11H,7,9H2. The molecule has 0 aliphatic carbocycles. The average Bonchev–Trinajstić information content (AvgIpc) is 2.94. The van der Waals surface area contributed by atoms with Crippen LogP contribution in [0.15, 0.2) is 54.7 Å². The second-order valence-electron chi connectivity index (χ2n) is 5.45. The van der Waals surface area contributed by atoms with Crippen molar-refractivity contribution in [2.75, 3.05) is 0 Å². The number of non-ortho nitro benzene ring substituents is 1. The Kier molecular flexibility index (Phi) is 4.01. The van der Waals surface area contributed by atoms with E-state index in [0.29, 0.717) is 13.0 Å². The molecule has 0 bridgehead atoms. The Morgan fingerprint density at radius 2 is 1.75 bits per heavy atom. The summed E-state index contributed by atoms with van der Waals surface area (Å²) in [5.41, 5.74) is 1.02. The van der Waals surface area contributed by atoms with E-state index in [1.54, 1.807) is 12.1 Å². The Hall–Kier alpha value is -2.83. The van der Waals surface area contributed by atoms with Crippen LogP contribution in [0.4, 0.5) is 18.9 Å². The van der Waals surface area contributed by atoms with Crippen LogP contribution in [0, 0.1) is 10.1 Å². The smallest absolute Gasteiger partial charge is 0.347 e. The number of hydrogen-bond donors (Lipinski definition) is 0. The number of halogens is 3. The van der Waals surface area contributed by atoms with E-state index in [1.165, 1.54) is 24.3 Å². The summed E-state index contributed by atoms with van der Waals surface area (Å²) in [5.74, 6) is 0. The Balaban J connectivity index is 1.75. The first-order valence-corrected chi connectivity index (χ1v) is 7.24. The Bertz CT molecular complexity index is 883. The van der Waals surface area contributed by atoms with E-state index in [0.717, 1.165) is 28.6 Å². The quantitative estimate of drug-likeness (QED) is 0.508. The van der Waals surface area contributed by atoms with Gasteiger partial charge in [0.25, 0.3) is 5.69 Å². The fourth-order valence-electron chi connectivity index (χ4n) is 2.61. The van der Waals surface area contributed by atoms with Gasteiger partial charge in [0.1, 0.15) is 0 Å². The molecule has 1 aromatic heterocycles. The van der Waals surface area contributed by atoms with E-state index in [9.17, 15) is 23.3 Å². The minimum absolute atomic E-state index is 0.0305. The van der Waals surface area contributed by atoms with Gasteiger partial charge in [0, 0.05) is 35.8 Å². The maximum atomic E-state index is 12.5. The SMILES string of the molecule is O=[N+]([O-])c1ccc2c(ccn2CCc2ccc(C(F)(F)F)cc2)c1. The summed E-state index contributed by atoms with van der Waals surface area (Å²) in [6.07, 6.45) is -1.94. The lowest BCUT2D eigenvalue weighted by atomic mass is 10.1. The third-order valence-corrected chi connectivity index (χ3v) is 3.89. The van der Waals surface area contributed by atoms with Crippen LogP contribution in [0.2, 0.25) is 0 Å². The predicted octanol–water partition coefficient (Wildman–Crippen LogP) is 4.81. The molecule has 0 spiro atoms. The number of rotatable bonds is 4. The van der Waals surface area contributed by atoms with Gasteiger partial charge in [-0.25, -0.2) is 0 Å². The minimum Gasteiger partial charge on any atom is -0.347 e. The van der Waals surface area contributed by atoms with Crippen LogP contribution in [-0.4, -0.2) is 9.49 Å². The lowest BCUT2D eigenvalue weighted by molar-refractivity contribution is -0.384. The molecule has 0 fully saturated rings. The second kappa shape index (κ2) is 5.99. The fourth-order valence-corrected chi connectivity index (χ4v) is 2.61. The molecule has 7 heteroatoms. The molecule has 0 aliphatic rings. The molecule has 0 saturated heterocycles. The van der Waals surface area contributed by atoms with Crippen LogP contribution in [0.5, 0.6) is 0 Å². The second-order valence-corrected chi connectivity index (χ2v) is 5.45. The molecule has 0 atom stereocenters. The van der Waals surface area contributed by atoms with E-state index in [4.69, 9.17) is 0 Å². The van der Waals surface area contributed by atoms with Crippen LogP contribution >= 0.6 is 0 Å². The van der Waals surface area contributed by atoms with Crippen molar-refractivity contribution in [3.63, 3.8) is 0 Å². The zero-order valence-corrected chi connectivity index (χ0v) is 12.5. The van der Waals surface area contributed by atoms with E-state index >= 15 is 0 Å². The van der Waals surface area contributed by atoms with Crippen molar-refractivity contribution >= 4 is 16.6 Å². The number of nitrogens with zero attached hydrogens (tertiary/aromatic N) is 2. The first-order valence-electron chi connectivity index (χ1n) is 7.24. The van der Waals surface area contributed by atoms with Crippen molar-refractivity contribution in [2.24, 2.45) is 0 Å². The van der Waals surface area contributed by atoms with Crippen molar-refractivity contribution in [3.8, 4) is 0 Å². The van der Waals surface area contributed by atoms with E-state index < -0.39 is 16.7 Å². The van der Waals surface area contributed by atoms with E-state index in [-0.39, 0.29) is 5.69 Å². The van der Waals surface area contributed by atoms with E-state index in [1.807, 2.05) is 10.8 Å². The first-order chi connectivity index (χ1) is 11.3. The monoisotopic (exact) mass is 334 g/mol. The number of aromatic nitrogens is 1. The number of hydrogen-bond acceptors (Lipinski definition) is 2. The van der Waals surface area contributed by atoms with Gasteiger partial charge in [-0.1, -0.05) is 12.1 Å². The van der Waals surface area contributed by atoms with Gasteiger partial charge in [0.15, 0.2) is 0 Å². The van der Waals surface area contributed by atoms with Gasteiger partial charge in [-0.05, 0) is 36.2 Å². The highest BCUT2D eigenvalue weighted by Gasteiger charge is 2.29. The molecule has 4 nitrogen and oxygen atoms in total. The first kappa shape index (κ1) is 16.0. The van der Waals surface area contributed by atoms with Crippen LogP contribution in [0.1, 0.15) is 11.1 Å². The lowest BCUT2D eigenvalue weighted by Gasteiger charge is -2.09. The molecule has 3 aromatic rings. The lowest BCUT2D eigenvalue weighted by Crippen LogP contribution is -2.05. The number of alkyl halides is 3. The van der Waals surface area contributed by atoms with Crippen molar-refractivity contribution in [1.82, 2.24) is 4.57 Å². The highest BCUT2D eigenvalue weighted by atomic mass is 19.4. The summed E-state index contributed by atoms with van der Waals surface area (Å²) in [4.78, 5) is 10.3. The number of nitro benzene ring substituents is 1. The molecular formula is C17H13F3N2O2. The van der Waals surface area contributed by atoms with Gasteiger partial charge < -0.3 is 4.57 Å². The molecule has 1 heterocycles. The number of fused-ring (bicyclic) bond motifs is 1. The maximum absolute atomic E-state index is 12.5. The largest absolute Gasteiger partial charge is 0.416 e. The van der Waals surface area contributed by atoms with Gasteiger partial charge in [-0.15, -0.1) is 0 Å². The maximum Gasteiger partial charge on any atom is 0.416 e. The predicted molar refractivity (Wildman–Crippen MR) is 83.7 cm³/mol. The van der Waals surface area contributed by atoms with Gasteiger partial charge >= 0.3 is 6.18 Å². The van der Waals surface area contributed by atoms with Gasteiger partial charge in [0.05, 0.1) is 10.5 Å². The van der Waals surface area contributed by atoms with Crippen LogP contribution in [-0.2, 0) is 19.1 Å². The molecular weight excluding hydrogens is 321 g/mol. The fraction of sp³-hybridized carbons (Fsp3) is 0.176. The van der Waals surface area contributed by atoms with Crippen molar-refractivity contribution in [3.05, 3.63) is 76.0 Å². The van der Waals surface area contributed by atoms with Crippen LogP contribution in [0.3, 0.4) is 0 Å². The summed E-state index contributed by atoms with van der Waals surface area (Å²) in [6, 6.07) is 11.5. The normalized spacial score (nSPS) is 11.8. The summed E-state index contributed by atoms with van der Waals surface area (Å²) in [5, 5.41) is 11.5. The number of aryl methyl sites for hydroxylation is 2. The highest BCUT2D eigenvalue weighted by molar-refractivity contribution is 5.82. The van der Waals surface area contributed by atoms with Crippen molar-refractivity contribution in [2.45, 2.75) is 19.1 Å². The van der Waals surface area contributed by atoms with Crippen LogP contribution < -0.4 is 0 Å². The third kappa shape index (κ3) is 3.24. The molecule has 0 unspecified atom stereocenters. The topological polar surface area (TPSA) is 48.1 Å². The molecule has 0 radical (unpaired) electrons. The van der Waals surface area contributed by atoms with E-state index in [2.05, 4.69) is 0 Å². The van der Waals surface area contributed by atoms with Crippen molar-refractivity contribution < 1.29 is 18.1 Å². The zero-order chi connectivity index (χ0) is 17.3. The number of benzene rings is 2. The molecule has 0 aliphatic heterocycles. The van der Waals surface area contributed by atoms with Crippen LogP contribution in [0.25, 0.3) is 10.9 Å². The molecule has 24 heavy (non-hydrogen) atoms. The van der Waals surface area contributed by atoms with Gasteiger partial charge in [-0.2, -0.15) is 13.2 Å². The van der Waals surface area contributed by atoms with Gasteiger partial charge in [0.2, 0.25) is 0 Å². The molecule has 0 saturated carbocycles. The Morgan fingerprint density at radius 1 is 1.04 bits per heavy atom. The average molecular weight is 334 g/mol. The third-order valence-electron chi connectivity index (χ3n) is 3.89. The zero-order valence-electron chi connectivity index (χ0n) is 12.5. The molecule has 2 aromatic carbocycles. The highest BCUT2D eigenvalue weighted by Crippen LogP contribution is 2.29. The summed E-state index contributed by atoms with van der Waals surface area (Å²) < 4.78 is 39.5. The minimum atomic E-state index is -4.33.